The Hall–Kier alpha value is -1.70. The van der Waals surface area contributed by atoms with E-state index in [0.29, 0.717) is 18.5 Å². The molecule has 1 aromatic heterocycles. The Morgan fingerprint density at radius 2 is 2.17 bits per heavy atom. The monoisotopic (exact) mass is 255 g/mol. The highest BCUT2D eigenvalue weighted by atomic mass is 16.2. The zero-order chi connectivity index (χ0) is 13.7. The van der Waals surface area contributed by atoms with Crippen molar-refractivity contribution in [1.82, 2.24) is 30.4 Å². The third-order valence-corrected chi connectivity index (χ3v) is 2.79. The molecule has 0 aliphatic heterocycles. The van der Waals surface area contributed by atoms with E-state index in [1.54, 1.807) is 0 Å². The van der Waals surface area contributed by atoms with Gasteiger partial charge in [-0.3, -0.25) is 4.79 Å². The van der Waals surface area contributed by atoms with Crippen LogP contribution in [0.4, 0.5) is 5.95 Å². The maximum absolute atomic E-state index is 11.7. The molecule has 0 aromatic carbocycles. The second-order valence-corrected chi connectivity index (χ2v) is 4.77. The van der Waals surface area contributed by atoms with E-state index >= 15 is 0 Å². The number of carbonyl (C=O) groups is 1. The number of hydrogen-bond acceptors (Lipinski definition) is 6. The van der Waals surface area contributed by atoms with Gasteiger partial charge in [0.1, 0.15) is 6.54 Å². The normalized spacial score (nSPS) is 13.0. The highest BCUT2D eigenvalue weighted by Gasteiger charge is 2.17. The average Bonchev–Trinajstić information content (AvgIpc) is 2.63. The van der Waals surface area contributed by atoms with Crippen LogP contribution < -0.4 is 11.1 Å². The highest BCUT2D eigenvalue weighted by molar-refractivity contribution is 5.75. The Labute approximate surface area is 107 Å². The van der Waals surface area contributed by atoms with Crippen molar-refractivity contribution in [2.24, 2.45) is 5.92 Å². The fraction of sp³-hybridized carbons (Fsp3) is 0.800. The van der Waals surface area contributed by atoms with Crippen LogP contribution in [0.15, 0.2) is 0 Å². The minimum atomic E-state index is -0.151. The van der Waals surface area contributed by atoms with Gasteiger partial charge in [-0.05, 0) is 30.4 Å². The van der Waals surface area contributed by atoms with Gasteiger partial charge in [0.25, 0.3) is 0 Å². The molecule has 0 radical (unpaired) electrons. The van der Waals surface area contributed by atoms with E-state index in [9.17, 15) is 4.79 Å². The van der Waals surface area contributed by atoms with Gasteiger partial charge < -0.3 is 16.0 Å². The highest BCUT2D eigenvalue weighted by Crippen LogP contribution is 2.05. The van der Waals surface area contributed by atoms with Gasteiger partial charge in [0, 0.05) is 12.6 Å². The number of aromatic nitrogens is 4. The van der Waals surface area contributed by atoms with Crippen molar-refractivity contribution in [3.63, 3.8) is 0 Å². The van der Waals surface area contributed by atoms with Gasteiger partial charge in [0.15, 0.2) is 0 Å². The number of rotatable bonds is 6. The molecule has 8 nitrogen and oxygen atoms in total. The van der Waals surface area contributed by atoms with Crippen LogP contribution in [0.3, 0.4) is 0 Å². The molecule has 8 heteroatoms. The van der Waals surface area contributed by atoms with Gasteiger partial charge >= 0.3 is 0 Å². The first kappa shape index (κ1) is 14.4. The van der Waals surface area contributed by atoms with Crippen LogP contribution in [-0.4, -0.2) is 57.7 Å². The Morgan fingerprint density at radius 3 is 2.61 bits per heavy atom. The van der Waals surface area contributed by atoms with Gasteiger partial charge in [-0.15, -0.1) is 0 Å². The Kier molecular flexibility index (Phi) is 5.02. The lowest BCUT2D eigenvalue weighted by molar-refractivity contribution is -0.122. The SMILES string of the molecule is CC(C)[C@H](CNC(=O)Cn1nnnc1N)N(C)C. The quantitative estimate of drug-likeness (QED) is 0.673. The topological polar surface area (TPSA) is 102 Å². The summed E-state index contributed by atoms with van der Waals surface area (Å²) < 4.78 is 1.26. The van der Waals surface area contributed by atoms with E-state index in [2.05, 4.69) is 39.6 Å². The molecule has 1 amide bonds. The molecular weight excluding hydrogens is 234 g/mol. The predicted molar refractivity (Wildman–Crippen MR) is 67.6 cm³/mol. The van der Waals surface area contributed by atoms with Crippen LogP contribution in [0.2, 0.25) is 0 Å². The lowest BCUT2D eigenvalue weighted by Gasteiger charge is -2.28. The van der Waals surface area contributed by atoms with E-state index in [0.717, 1.165) is 0 Å². The summed E-state index contributed by atoms with van der Waals surface area (Å²) in [6.07, 6.45) is 0. The number of tetrazole rings is 1. The molecule has 0 aliphatic carbocycles. The molecule has 18 heavy (non-hydrogen) atoms. The summed E-state index contributed by atoms with van der Waals surface area (Å²) in [7, 11) is 3.99. The number of amides is 1. The number of hydrogen-bond donors (Lipinski definition) is 2. The minimum Gasteiger partial charge on any atom is -0.367 e. The lowest BCUT2D eigenvalue weighted by Crippen LogP contribution is -2.44. The van der Waals surface area contributed by atoms with Crippen molar-refractivity contribution in [1.29, 1.82) is 0 Å². The van der Waals surface area contributed by atoms with Crippen LogP contribution in [0.25, 0.3) is 0 Å². The molecule has 0 saturated heterocycles. The smallest absolute Gasteiger partial charge is 0.242 e. The first-order chi connectivity index (χ1) is 8.41. The molecule has 1 rings (SSSR count). The van der Waals surface area contributed by atoms with E-state index in [1.807, 2.05) is 14.1 Å². The first-order valence-corrected chi connectivity index (χ1v) is 5.86. The molecule has 1 aromatic rings. The van der Waals surface area contributed by atoms with Crippen molar-refractivity contribution in [2.75, 3.05) is 26.4 Å². The van der Waals surface area contributed by atoms with Gasteiger partial charge in [-0.1, -0.05) is 18.9 Å². The molecule has 0 bridgehead atoms. The summed E-state index contributed by atoms with van der Waals surface area (Å²) in [4.78, 5) is 13.8. The molecule has 0 spiro atoms. The van der Waals surface area contributed by atoms with Gasteiger partial charge in [0.05, 0.1) is 0 Å². The summed E-state index contributed by atoms with van der Waals surface area (Å²) in [6, 6.07) is 0.292. The summed E-state index contributed by atoms with van der Waals surface area (Å²) in [5.74, 6) is 0.443. The zero-order valence-corrected chi connectivity index (χ0v) is 11.3. The Morgan fingerprint density at radius 1 is 1.50 bits per heavy atom. The van der Waals surface area contributed by atoms with Crippen LogP contribution in [-0.2, 0) is 11.3 Å². The molecule has 0 unspecified atom stereocenters. The van der Waals surface area contributed by atoms with E-state index in [1.165, 1.54) is 4.68 Å². The third kappa shape index (κ3) is 3.95. The van der Waals surface area contributed by atoms with Gasteiger partial charge in [-0.2, -0.15) is 0 Å². The van der Waals surface area contributed by atoms with Crippen molar-refractivity contribution in [3.05, 3.63) is 0 Å². The lowest BCUT2D eigenvalue weighted by atomic mass is 10.0. The first-order valence-electron chi connectivity index (χ1n) is 5.86. The molecule has 102 valence electrons. The summed E-state index contributed by atoms with van der Waals surface area (Å²) >= 11 is 0. The molecule has 1 heterocycles. The number of nitrogens with one attached hydrogen (secondary N) is 1. The van der Waals surface area contributed by atoms with Crippen molar-refractivity contribution in [2.45, 2.75) is 26.4 Å². The molecule has 1 atom stereocenters. The number of anilines is 1. The van der Waals surface area contributed by atoms with Crippen LogP contribution in [0, 0.1) is 5.92 Å². The van der Waals surface area contributed by atoms with E-state index in [-0.39, 0.29) is 18.4 Å². The van der Waals surface area contributed by atoms with Crippen LogP contribution in [0.1, 0.15) is 13.8 Å². The van der Waals surface area contributed by atoms with Crippen LogP contribution in [0.5, 0.6) is 0 Å². The van der Waals surface area contributed by atoms with Crippen molar-refractivity contribution < 1.29 is 4.79 Å². The largest absolute Gasteiger partial charge is 0.367 e. The molecule has 0 fully saturated rings. The number of nitrogens with two attached hydrogens (primary N) is 1. The molecular formula is C10H21N7O. The summed E-state index contributed by atoms with van der Waals surface area (Å²) in [5, 5.41) is 13.4. The molecule has 0 saturated carbocycles. The number of likely N-dealkylation sites (N-methyl/N-ethyl adjacent to an activating group) is 1. The zero-order valence-electron chi connectivity index (χ0n) is 11.3. The minimum absolute atomic E-state index is 0.0388. The standard InChI is InChI=1S/C10H21N7O/c1-7(2)8(16(3)4)5-12-9(18)6-17-10(11)13-14-15-17/h7-8H,5-6H2,1-4H3,(H,12,18)(H2,11,13,15)/t8-/m0/s1. The van der Waals surface area contributed by atoms with Crippen LogP contribution >= 0.6 is 0 Å². The third-order valence-electron chi connectivity index (χ3n) is 2.79. The number of carbonyl (C=O) groups excluding carboxylic acids is 1. The predicted octanol–water partition coefficient (Wildman–Crippen LogP) is -1.04. The fourth-order valence-corrected chi connectivity index (χ4v) is 1.75. The van der Waals surface area contributed by atoms with Crippen molar-refractivity contribution >= 4 is 11.9 Å². The van der Waals surface area contributed by atoms with Crippen molar-refractivity contribution in [3.8, 4) is 0 Å². The van der Waals surface area contributed by atoms with E-state index < -0.39 is 0 Å². The molecule has 0 aliphatic rings. The van der Waals surface area contributed by atoms with Gasteiger partial charge in [-0.25, -0.2) is 4.68 Å². The second kappa shape index (κ2) is 6.29. The summed E-state index contributed by atoms with van der Waals surface area (Å²) in [6.45, 7) is 4.87. The summed E-state index contributed by atoms with van der Waals surface area (Å²) in [5.41, 5.74) is 5.48. The Bertz CT molecular complexity index is 379. The fourth-order valence-electron chi connectivity index (χ4n) is 1.75. The van der Waals surface area contributed by atoms with E-state index in [4.69, 9.17) is 5.73 Å². The maximum atomic E-state index is 11.7. The number of nitrogens with zero attached hydrogens (tertiary/aromatic N) is 5. The second-order valence-electron chi connectivity index (χ2n) is 4.77. The van der Waals surface area contributed by atoms with Gasteiger partial charge in [0.2, 0.25) is 11.9 Å². The molecule has 3 N–H and O–H groups in total. The average molecular weight is 255 g/mol. The number of nitrogen functional groups attached to an aromatic ring is 1. The maximum Gasteiger partial charge on any atom is 0.242 e. The Balaban J connectivity index is 2.43.